The Labute approximate surface area is 78.1 Å². The lowest BCUT2D eigenvalue weighted by Crippen LogP contribution is -2.19. The molecule has 1 aliphatic heterocycles. The molecular weight excluding hydrogens is 164 g/mol. The zero-order valence-corrected chi connectivity index (χ0v) is 7.79. The van der Waals surface area contributed by atoms with Crippen molar-refractivity contribution in [3.05, 3.63) is 24.0 Å². The normalized spacial score (nSPS) is 21.8. The summed E-state index contributed by atoms with van der Waals surface area (Å²) < 4.78 is 5.78. The lowest BCUT2D eigenvalue weighted by atomic mass is 10.2. The Bertz CT molecular complexity index is 282. The highest BCUT2D eigenvalue weighted by atomic mass is 16.5. The molecule has 0 aliphatic carbocycles. The van der Waals surface area contributed by atoms with Gasteiger partial charge >= 0.3 is 0 Å². The van der Waals surface area contributed by atoms with Crippen molar-refractivity contribution in [2.24, 2.45) is 0 Å². The molecule has 1 fully saturated rings. The predicted molar refractivity (Wildman–Crippen MR) is 50.9 cm³/mol. The topological polar surface area (TPSA) is 34.1 Å². The number of nitrogens with one attached hydrogen (secondary N) is 1. The largest absolute Gasteiger partial charge is 0.487 e. The Balaban J connectivity index is 2.04. The van der Waals surface area contributed by atoms with Gasteiger partial charge in [-0.1, -0.05) is 0 Å². The molecule has 0 aromatic carbocycles. The van der Waals surface area contributed by atoms with Gasteiger partial charge in [-0.05, 0) is 31.5 Å². The molecule has 0 bridgehead atoms. The summed E-state index contributed by atoms with van der Waals surface area (Å²) >= 11 is 0. The molecule has 0 spiro atoms. The summed E-state index contributed by atoms with van der Waals surface area (Å²) in [5.41, 5.74) is 1.15. The monoisotopic (exact) mass is 178 g/mol. The van der Waals surface area contributed by atoms with Crippen LogP contribution in [0.1, 0.15) is 12.0 Å². The first-order valence-electron chi connectivity index (χ1n) is 4.64. The predicted octanol–water partition coefficient (Wildman–Crippen LogP) is 1.13. The van der Waals surface area contributed by atoms with E-state index in [0.717, 1.165) is 30.8 Å². The van der Waals surface area contributed by atoms with Gasteiger partial charge in [-0.25, -0.2) is 0 Å². The van der Waals surface area contributed by atoms with Gasteiger partial charge in [-0.15, -0.1) is 0 Å². The van der Waals surface area contributed by atoms with E-state index >= 15 is 0 Å². The number of aromatic nitrogens is 1. The Morgan fingerprint density at radius 3 is 3.23 bits per heavy atom. The van der Waals surface area contributed by atoms with Crippen LogP contribution in [0.4, 0.5) is 0 Å². The van der Waals surface area contributed by atoms with Gasteiger partial charge in [0, 0.05) is 12.7 Å². The standard InChI is InChI=1S/C10H14N2O/c1-8-2-4-12-7-10(8)13-9-3-5-11-6-9/h2,4,7,9,11H,3,5-6H2,1H3. The van der Waals surface area contributed by atoms with Crippen molar-refractivity contribution < 1.29 is 4.74 Å². The maximum Gasteiger partial charge on any atom is 0.140 e. The van der Waals surface area contributed by atoms with Gasteiger partial charge in [0.05, 0.1) is 6.20 Å². The zero-order valence-electron chi connectivity index (χ0n) is 7.79. The molecule has 1 aromatic rings. The van der Waals surface area contributed by atoms with Gasteiger partial charge in [0.25, 0.3) is 0 Å². The molecular formula is C10H14N2O. The number of nitrogens with zero attached hydrogens (tertiary/aromatic N) is 1. The molecule has 1 aliphatic rings. The minimum absolute atomic E-state index is 0.322. The van der Waals surface area contributed by atoms with Crippen LogP contribution in [0, 0.1) is 6.92 Å². The van der Waals surface area contributed by atoms with Crippen LogP contribution in [0.25, 0.3) is 0 Å². The summed E-state index contributed by atoms with van der Waals surface area (Å²) in [6.45, 7) is 4.05. The van der Waals surface area contributed by atoms with E-state index in [0.29, 0.717) is 6.10 Å². The number of aryl methyl sites for hydroxylation is 1. The molecule has 1 atom stereocenters. The summed E-state index contributed by atoms with van der Waals surface area (Å²) in [6, 6.07) is 1.97. The van der Waals surface area contributed by atoms with E-state index in [1.807, 2.05) is 13.0 Å². The average Bonchev–Trinajstić information content (AvgIpc) is 2.61. The van der Waals surface area contributed by atoms with Crippen LogP contribution in [0.15, 0.2) is 18.5 Å². The molecule has 0 radical (unpaired) electrons. The SMILES string of the molecule is Cc1ccncc1OC1CCNC1. The molecule has 70 valence electrons. The van der Waals surface area contributed by atoms with Crippen molar-refractivity contribution in [1.29, 1.82) is 0 Å². The summed E-state index contributed by atoms with van der Waals surface area (Å²) in [5, 5.41) is 3.27. The van der Waals surface area contributed by atoms with E-state index in [1.165, 1.54) is 0 Å². The van der Waals surface area contributed by atoms with E-state index in [4.69, 9.17) is 4.74 Å². The Morgan fingerprint density at radius 2 is 2.54 bits per heavy atom. The van der Waals surface area contributed by atoms with E-state index in [1.54, 1.807) is 12.4 Å². The van der Waals surface area contributed by atoms with Crippen LogP contribution >= 0.6 is 0 Å². The molecule has 1 unspecified atom stereocenters. The van der Waals surface area contributed by atoms with Gasteiger partial charge in [-0.2, -0.15) is 0 Å². The van der Waals surface area contributed by atoms with Gasteiger partial charge in [-0.3, -0.25) is 4.98 Å². The second-order valence-corrected chi connectivity index (χ2v) is 3.37. The van der Waals surface area contributed by atoms with Crippen molar-refractivity contribution in [3.63, 3.8) is 0 Å². The highest BCUT2D eigenvalue weighted by Crippen LogP contribution is 2.18. The second-order valence-electron chi connectivity index (χ2n) is 3.37. The van der Waals surface area contributed by atoms with Gasteiger partial charge in [0.2, 0.25) is 0 Å². The molecule has 0 amide bonds. The number of hydrogen-bond acceptors (Lipinski definition) is 3. The third-order valence-corrected chi connectivity index (χ3v) is 2.30. The average molecular weight is 178 g/mol. The molecule has 1 N–H and O–H groups in total. The fourth-order valence-corrected chi connectivity index (χ4v) is 1.48. The first kappa shape index (κ1) is 8.51. The van der Waals surface area contributed by atoms with E-state index in [2.05, 4.69) is 10.3 Å². The quantitative estimate of drug-likeness (QED) is 0.737. The smallest absolute Gasteiger partial charge is 0.140 e. The van der Waals surface area contributed by atoms with Crippen LogP contribution in [-0.4, -0.2) is 24.2 Å². The fourth-order valence-electron chi connectivity index (χ4n) is 1.48. The molecule has 1 saturated heterocycles. The maximum absolute atomic E-state index is 5.78. The van der Waals surface area contributed by atoms with Crippen molar-refractivity contribution in [2.45, 2.75) is 19.4 Å². The molecule has 13 heavy (non-hydrogen) atoms. The summed E-state index contributed by atoms with van der Waals surface area (Å²) in [4.78, 5) is 4.04. The van der Waals surface area contributed by atoms with Crippen LogP contribution < -0.4 is 10.1 Å². The number of rotatable bonds is 2. The molecule has 2 rings (SSSR count). The minimum atomic E-state index is 0.322. The van der Waals surface area contributed by atoms with Crippen molar-refractivity contribution >= 4 is 0 Å². The third kappa shape index (κ3) is 1.98. The third-order valence-electron chi connectivity index (χ3n) is 2.30. The van der Waals surface area contributed by atoms with E-state index < -0.39 is 0 Å². The van der Waals surface area contributed by atoms with Crippen LogP contribution in [0.3, 0.4) is 0 Å². The lowest BCUT2D eigenvalue weighted by molar-refractivity contribution is 0.220. The molecule has 1 aromatic heterocycles. The molecule has 3 heteroatoms. The Kier molecular flexibility index (Phi) is 2.45. The first-order chi connectivity index (χ1) is 6.36. The van der Waals surface area contributed by atoms with Crippen LogP contribution in [0.5, 0.6) is 5.75 Å². The van der Waals surface area contributed by atoms with Crippen molar-refractivity contribution in [3.8, 4) is 5.75 Å². The van der Waals surface area contributed by atoms with Gasteiger partial charge in [0.1, 0.15) is 11.9 Å². The van der Waals surface area contributed by atoms with Gasteiger partial charge in [0.15, 0.2) is 0 Å². The maximum atomic E-state index is 5.78. The van der Waals surface area contributed by atoms with Crippen molar-refractivity contribution in [2.75, 3.05) is 13.1 Å². The highest BCUT2D eigenvalue weighted by Gasteiger charge is 2.16. The van der Waals surface area contributed by atoms with E-state index in [-0.39, 0.29) is 0 Å². The Hall–Kier alpha value is -1.09. The molecule has 2 heterocycles. The second kappa shape index (κ2) is 3.75. The summed E-state index contributed by atoms with van der Waals surface area (Å²) in [6.07, 6.45) is 4.99. The number of hydrogen-bond donors (Lipinski definition) is 1. The first-order valence-corrected chi connectivity index (χ1v) is 4.64. The van der Waals surface area contributed by atoms with Crippen LogP contribution in [0.2, 0.25) is 0 Å². The number of pyridine rings is 1. The van der Waals surface area contributed by atoms with Crippen LogP contribution in [-0.2, 0) is 0 Å². The number of ether oxygens (including phenoxy) is 1. The summed E-state index contributed by atoms with van der Waals surface area (Å²) in [7, 11) is 0. The highest BCUT2D eigenvalue weighted by molar-refractivity contribution is 5.28. The van der Waals surface area contributed by atoms with Gasteiger partial charge < -0.3 is 10.1 Å². The molecule has 0 saturated carbocycles. The Morgan fingerprint density at radius 1 is 1.62 bits per heavy atom. The fraction of sp³-hybridized carbons (Fsp3) is 0.500. The lowest BCUT2D eigenvalue weighted by Gasteiger charge is -2.13. The molecule has 3 nitrogen and oxygen atoms in total. The minimum Gasteiger partial charge on any atom is -0.487 e. The zero-order chi connectivity index (χ0) is 9.10. The summed E-state index contributed by atoms with van der Waals surface area (Å²) in [5.74, 6) is 0.913. The van der Waals surface area contributed by atoms with Crippen molar-refractivity contribution in [1.82, 2.24) is 10.3 Å². The van der Waals surface area contributed by atoms with E-state index in [9.17, 15) is 0 Å².